The molecule has 1 aromatic carbocycles. The Bertz CT molecular complexity index is 334. The largest absolute Gasteiger partial charge is 0.390 e. The van der Waals surface area contributed by atoms with E-state index in [0.717, 1.165) is 18.4 Å². The van der Waals surface area contributed by atoms with Crippen molar-refractivity contribution in [1.82, 2.24) is 0 Å². The van der Waals surface area contributed by atoms with Gasteiger partial charge in [-0.25, -0.2) is 0 Å². The molecule has 0 heterocycles. The summed E-state index contributed by atoms with van der Waals surface area (Å²) in [4.78, 5) is 0. The van der Waals surface area contributed by atoms with Crippen LogP contribution in [0, 0.1) is 0 Å². The van der Waals surface area contributed by atoms with Crippen molar-refractivity contribution in [2.75, 3.05) is 0 Å². The van der Waals surface area contributed by atoms with E-state index in [-0.39, 0.29) is 0 Å². The second-order valence-corrected chi connectivity index (χ2v) is 5.00. The number of rotatable bonds is 4. The van der Waals surface area contributed by atoms with E-state index < -0.39 is 5.60 Å². The molecular weight excluding hydrogens is 231 g/mol. The predicted octanol–water partition coefficient (Wildman–Crippen LogP) is 4.09. The Hall–Kier alpha value is -0.240. The average Bonchev–Trinajstić information content (AvgIpc) is 2.09. The van der Waals surface area contributed by atoms with Crippen LogP contribution >= 0.6 is 23.2 Å². The number of halogens is 2. The summed E-state index contributed by atoms with van der Waals surface area (Å²) in [5.41, 5.74) is 0.256. The van der Waals surface area contributed by atoms with Gasteiger partial charge in [-0.1, -0.05) is 42.6 Å². The van der Waals surface area contributed by atoms with Crippen LogP contribution in [0.2, 0.25) is 10.0 Å². The Morgan fingerprint density at radius 1 is 1.33 bits per heavy atom. The minimum absolute atomic E-state index is 0.566. The van der Waals surface area contributed by atoms with Gasteiger partial charge in [0.1, 0.15) is 0 Å². The van der Waals surface area contributed by atoms with Crippen LogP contribution in [0.1, 0.15) is 32.3 Å². The van der Waals surface area contributed by atoms with Crippen LogP contribution < -0.4 is 0 Å². The monoisotopic (exact) mass is 246 g/mol. The van der Waals surface area contributed by atoms with Gasteiger partial charge < -0.3 is 5.11 Å². The van der Waals surface area contributed by atoms with Gasteiger partial charge in [-0.3, -0.25) is 0 Å². The van der Waals surface area contributed by atoms with Crippen LogP contribution in [0.5, 0.6) is 0 Å². The highest BCUT2D eigenvalue weighted by Gasteiger charge is 2.20. The molecule has 0 aromatic heterocycles. The molecule has 1 unspecified atom stereocenters. The van der Waals surface area contributed by atoms with E-state index >= 15 is 0 Å². The van der Waals surface area contributed by atoms with E-state index in [1.165, 1.54) is 0 Å². The summed E-state index contributed by atoms with van der Waals surface area (Å²) >= 11 is 11.8. The fraction of sp³-hybridized carbons (Fsp3) is 0.500. The quantitative estimate of drug-likeness (QED) is 0.849. The van der Waals surface area contributed by atoms with E-state index in [2.05, 4.69) is 6.92 Å². The lowest BCUT2D eigenvalue weighted by molar-refractivity contribution is 0.0506. The van der Waals surface area contributed by atoms with Crippen molar-refractivity contribution in [3.63, 3.8) is 0 Å². The molecule has 0 bridgehead atoms. The van der Waals surface area contributed by atoms with Gasteiger partial charge in [0.2, 0.25) is 0 Å². The first kappa shape index (κ1) is 12.8. The third-order valence-corrected chi connectivity index (χ3v) is 2.96. The summed E-state index contributed by atoms with van der Waals surface area (Å²) in [6.45, 7) is 3.89. The third kappa shape index (κ3) is 4.02. The molecule has 0 radical (unpaired) electrons. The minimum Gasteiger partial charge on any atom is -0.390 e. The molecule has 15 heavy (non-hydrogen) atoms. The molecule has 3 heteroatoms. The van der Waals surface area contributed by atoms with E-state index in [1.807, 2.05) is 13.0 Å². The molecule has 0 spiro atoms. The lowest BCUT2D eigenvalue weighted by Gasteiger charge is -2.23. The molecule has 1 atom stereocenters. The standard InChI is InChI=1S/C12H16Cl2O/c1-3-6-12(2,15)8-9-4-5-10(13)7-11(9)14/h4-5,7,15H,3,6,8H2,1-2H3. The van der Waals surface area contributed by atoms with Gasteiger partial charge in [0.05, 0.1) is 5.60 Å². The minimum atomic E-state index is -0.688. The van der Waals surface area contributed by atoms with Crippen LogP contribution in [-0.2, 0) is 6.42 Å². The lowest BCUT2D eigenvalue weighted by Crippen LogP contribution is -2.26. The van der Waals surface area contributed by atoms with E-state index in [4.69, 9.17) is 23.2 Å². The van der Waals surface area contributed by atoms with Crippen LogP contribution in [0.4, 0.5) is 0 Å². The molecule has 0 saturated heterocycles. The third-order valence-electron chi connectivity index (χ3n) is 2.37. The van der Waals surface area contributed by atoms with Crippen molar-refractivity contribution in [2.24, 2.45) is 0 Å². The highest BCUT2D eigenvalue weighted by atomic mass is 35.5. The molecule has 0 aliphatic rings. The number of benzene rings is 1. The van der Waals surface area contributed by atoms with Crippen molar-refractivity contribution >= 4 is 23.2 Å². The molecule has 0 aliphatic heterocycles. The lowest BCUT2D eigenvalue weighted by atomic mass is 9.92. The maximum atomic E-state index is 10.1. The Kier molecular flexibility index (Phi) is 4.45. The maximum absolute atomic E-state index is 10.1. The number of hydrogen-bond acceptors (Lipinski definition) is 1. The summed E-state index contributed by atoms with van der Waals surface area (Å²) in [6.07, 6.45) is 2.29. The molecule has 1 aromatic rings. The molecular formula is C12H16Cl2O. The topological polar surface area (TPSA) is 20.2 Å². The second-order valence-electron chi connectivity index (χ2n) is 4.16. The Morgan fingerprint density at radius 3 is 2.53 bits per heavy atom. The van der Waals surface area contributed by atoms with Crippen LogP contribution in [0.25, 0.3) is 0 Å². The van der Waals surface area contributed by atoms with Crippen LogP contribution in [-0.4, -0.2) is 10.7 Å². The predicted molar refractivity (Wildman–Crippen MR) is 65.7 cm³/mol. The van der Waals surface area contributed by atoms with Crippen molar-refractivity contribution < 1.29 is 5.11 Å². The molecule has 1 N–H and O–H groups in total. The van der Waals surface area contributed by atoms with Crippen molar-refractivity contribution in [3.8, 4) is 0 Å². The van der Waals surface area contributed by atoms with Gasteiger partial charge in [0.15, 0.2) is 0 Å². The van der Waals surface area contributed by atoms with E-state index in [1.54, 1.807) is 12.1 Å². The van der Waals surface area contributed by atoms with Crippen molar-refractivity contribution in [1.29, 1.82) is 0 Å². The molecule has 0 aliphatic carbocycles. The maximum Gasteiger partial charge on any atom is 0.0660 e. The molecule has 0 amide bonds. The molecule has 1 nitrogen and oxygen atoms in total. The summed E-state index contributed by atoms with van der Waals surface area (Å²) in [6, 6.07) is 5.38. The summed E-state index contributed by atoms with van der Waals surface area (Å²) in [5.74, 6) is 0. The number of aliphatic hydroxyl groups is 1. The van der Waals surface area contributed by atoms with Gasteiger partial charge in [0, 0.05) is 16.5 Å². The fourth-order valence-electron chi connectivity index (χ4n) is 1.70. The normalized spacial score (nSPS) is 15.0. The molecule has 84 valence electrons. The number of hydrogen-bond donors (Lipinski definition) is 1. The average molecular weight is 247 g/mol. The summed E-state index contributed by atoms with van der Waals surface area (Å²) in [7, 11) is 0. The summed E-state index contributed by atoms with van der Waals surface area (Å²) in [5, 5.41) is 11.3. The molecule has 1 rings (SSSR count). The zero-order valence-electron chi connectivity index (χ0n) is 9.06. The first-order valence-corrected chi connectivity index (χ1v) is 5.86. The van der Waals surface area contributed by atoms with Crippen molar-refractivity contribution in [2.45, 2.75) is 38.7 Å². The zero-order valence-corrected chi connectivity index (χ0v) is 10.6. The Balaban J connectivity index is 2.80. The molecule has 0 saturated carbocycles. The van der Waals surface area contributed by atoms with Crippen molar-refractivity contribution in [3.05, 3.63) is 33.8 Å². The van der Waals surface area contributed by atoms with E-state index in [0.29, 0.717) is 16.5 Å². The fourth-order valence-corrected chi connectivity index (χ4v) is 2.18. The van der Waals surface area contributed by atoms with Gasteiger partial charge in [-0.05, 0) is 31.0 Å². The highest BCUT2D eigenvalue weighted by molar-refractivity contribution is 6.35. The van der Waals surface area contributed by atoms with Gasteiger partial charge in [0.25, 0.3) is 0 Å². The smallest absolute Gasteiger partial charge is 0.0660 e. The SMILES string of the molecule is CCCC(C)(O)Cc1ccc(Cl)cc1Cl. The van der Waals surface area contributed by atoms with E-state index in [9.17, 15) is 5.11 Å². The highest BCUT2D eigenvalue weighted by Crippen LogP contribution is 2.26. The Labute approximate surface area is 101 Å². The van der Waals surface area contributed by atoms with Gasteiger partial charge >= 0.3 is 0 Å². The van der Waals surface area contributed by atoms with Gasteiger partial charge in [-0.15, -0.1) is 0 Å². The first-order valence-electron chi connectivity index (χ1n) is 5.11. The molecule has 0 fully saturated rings. The first-order chi connectivity index (χ1) is 6.94. The zero-order chi connectivity index (χ0) is 11.5. The van der Waals surface area contributed by atoms with Crippen LogP contribution in [0.15, 0.2) is 18.2 Å². The van der Waals surface area contributed by atoms with Crippen LogP contribution in [0.3, 0.4) is 0 Å². The summed E-state index contributed by atoms with van der Waals surface area (Å²) < 4.78 is 0. The second kappa shape index (κ2) is 5.20. The Morgan fingerprint density at radius 2 is 2.00 bits per heavy atom. The van der Waals surface area contributed by atoms with Gasteiger partial charge in [-0.2, -0.15) is 0 Å².